The number of nitrogens with zero attached hydrogens (tertiary/aromatic N) is 1. The van der Waals surface area contributed by atoms with Gasteiger partial charge in [0.05, 0.1) is 7.05 Å². The molecule has 1 spiro atoms. The predicted molar refractivity (Wildman–Crippen MR) is 72.5 cm³/mol. The van der Waals surface area contributed by atoms with Crippen LogP contribution in [0.2, 0.25) is 0 Å². The van der Waals surface area contributed by atoms with E-state index in [-0.39, 0.29) is 11.7 Å². The molecular formula is C15H21N2O2+. The number of carbonyl (C=O) groups excluding carboxylic acids is 1. The molecule has 2 fully saturated rings. The van der Waals surface area contributed by atoms with Crippen LogP contribution in [0.3, 0.4) is 0 Å². The van der Waals surface area contributed by atoms with E-state index in [1.807, 2.05) is 25.2 Å². The average molecular weight is 261 g/mol. The number of likely N-dealkylation sites (N-methyl/N-ethyl adjacent to an activating group) is 1. The van der Waals surface area contributed by atoms with Crippen LogP contribution in [0.25, 0.3) is 0 Å². The summed E-state index contributed by atoms with van der Waals surface area (Å²) in [7, 11) is 1.99. The Balaban J connectivity index is 1.78. The van der Waals surface area contributed by atoms with Crippen molar-refractivity contribution in [2.45, 2.75) is 25.0 Å². The molecule has 1 unspecified atom stereocenters. The molecule has 4 nitrogen and oxygen atoms in total. The zero-order chi connectivity index (χ0) is 13.3. The lowest BCUT2D eigenvalue weighted by Gasteiger charge is -2.31. The molecule has 0 saturated carbocycles. The third kappa shape index (κ3) is 2.38. The summed E-state index contributed by atoms with van der Waals surface area (Å²) in [5.74, 6) is 0. The molecule has 4 heteroatoms. The minimum absolute atomic E-state index is 0.0780. The Kier molecular flexibility index (Phi) is 3.07. The summed E-state index contributed by atoms with van der Waals surface area (Å²) >= 11 is 0. The van der Waals surface area contributed by atoms with Gasteiger partial charge in [0, 0.05) is 18.4 Å². The number of hydrogen-bond acceptors (Lipinski definition) is 3. The summed E-state index contributed by atoms with van der Waals surface area (Å²) in [5.41, 5.74) is 0.958. The first-order chi connectivity index (χ1) is 9.12. The van der Waals surface area contributed by atoms with Gasteiger partial charge in [0.15, 0.2) is 5.60 Å². The second-order valence-corrected chi connectivity index (χ2v) is 6.00. The van der Waals surface area contributed by atoms with E-state index in [0.29, 0.717) is 4.48 Å². The van der Waals surface area contributed by atoms with Gasteiger partial charge < -0.3 is 10.1 Å². The van der Waals surface area contributed by atoms with Gasteiger partial charge in [0.1, 0.15) is 13.1 Å². The van der Waals surface area contributed by atoms with Gasteiger partial charge in [-0.3, -0.25) is 0 Å². The second kappa shape index (κ2) is 4.62. The lowest BCUT2D eigenvalue weighted by Crippen LogP contribution is -2.49. The third-order valence-corrected chi connectivity index (χ3v) is 4.27. The van der Waals surface area contributed by atoms with Gasteiger partial charge >= 0.3 is 6.09 Å². The number of quaternary nitrogens is 1. The lowest BCUT2D eigenvalue weighted by molar-refractivity contribution is -0.838. The molecule has 2 aliphatic rings. The first-order valence-corrected chi connectivity index (χ1v) is 6.95. The van der Waals surface area contributed by atoms with E-state index < -0.39 is 0 Å². The maximum Gasteiger partial charge on any atom is 0.516 e. The number of rotatable bonds is 2. The number of benzene rings is 1. The Morgan fingerprint density at radius 2 is 1.95 bits per heavy atom. The van der Waals surface area contributed by atoms with Crippen LogP contribution in [-0.2, 0) is 11.3 Å². The van der Waals surface area contributed by atoms with Crippen molar-refractivity contribution < 1.29 is 14.0 Å². The monoisotopic (exact) mass is 261 g/mol. The first-order valence-electron chi connectivity index (χ1n) is 6.95. The average Bonchev–Trinajstić information content (AvgIpc) is 2.62. The third-order valence-electron chi connectivity index (χ3n) is 4.27. The highest BCUT2D eigenvalue weighted by molar-refractivity contribution is 5.62. The highest BCUT2D eigenvalue weighted by atomic mass is 16.6. The molecule has 0 aliphatic carbocycles. The van der Waals surface area contributed by atoms with Crippen LogP contribution in [0, 0.1) is 0 Å². The van der Waals surface area contributed by atoms with Crippen LogP contribution >= 0.6 is 0 Å². The number of amides is 1. The van der Waals surface area contributed by atoms with Crippen molar-refractivity contribution in [2.75, 3.05) is 26.7 Å². The molecule has 2 aliphatic heterocycles. The molecular weight excluding hydrogens is 240 g/mol. The van der Waals surface area contributed by atoms with Crippen molar-refractivity contribution in [3.05, 3.63) is 35.9 Å². The number of hydrogen-bond donors (Lipinski definition) is 1. The van der Waals surface area contributed by atoms with Crippen LogP contribution in [-0.4, -0.2) is 42.9 Å². The first kappa shape index (κ1) is 12.6. The fraction of sp³-hybridized carbons (Fsp3) is 0.533. The maximum atomic E-state index is 12.3. The normalized spacial score (nSPS) is 29.4. The van der Waals surface area contributed by atoms with E-state index in [1.54, 1.807) is 0 Å². The number of ether oxygens (including phenoxy) is 1. The van der Waals surface area contributed by atoms with Gasteiger partial charge in [-0.2, -0.15) is 4.79 Å². The molecule has 19 heavy (non-hydrogen) atoms. The van der Waals surface area contributed by atoms with Gasteiger partial charge in [0.25, 0.3) is 0 Å². The van der Waals surface area contributed by atoms with Crippen molar-refractivity contribution in [3.63, 3.8) is 0 Å². The van der Waals surface area contributed by atoms with Crippen LogP contribution in [0.1, 0.15) is 18.4 Å². The van der Waals surface area contributed by atoms with Crippen LogP contribution in [0.4, 0.5) is 4.79 Å². The zero-order valence-corrected chi connectivity index (χ0v) is 11.4. The molecule has 1 aromatic carbocycles. The number of nitrogens with one attached hydrogen (secondary N) is 1. The molecule has 2 saturated heterocycles. The van der Waals surface area contributed by atoms with Crippen LogP contribution in [0.5, 0.6) is 0 Å². The molecule has 0 bridgehead atoms. The predicted octanol–water partition coefficient (Wildman–Crippen LogP) is 1.91. The van der Waals surface area contributed by atoms with Crippen molar-refractivity contribution >= 4 is 6.09 Å². The molecule has 2 heterocycles. The summed E-state index contributed by atoms with van der Waals surface area (Å²) in [4.78, 5) is 12.3. The molecule has 3 rings (SSSR count). The minimum Gasteiger partial charge on any atom is -0.407 e. The molecule has 1 amide bonds. The Hall–Kier alpha value is -1.39. The smallest absolute Gasteiger partial charge is 0.407 e. The van der Waals surface area contributed by atoms with E-state index in [9.17, 15) is 4.79 Å². The van der Waals surface area contributed by atoms with E-state index in [0.717, 1.165) is 39.0 Å². The van der Waals surface area contributed by atoms with E-state index in [4.69, 9.17) is 4.74 Å². The summed E-state index contributed by atoms with van der Waals surface area (Å²) in [6.07, 6.45) is 1.79. The topological polar surface area (TPSA) is 38.3 Å². The molecule has 1 atom stereocenters. The van der Waals surface area contributed by atoms with Crippen LogP contribution in [0.15, 0.2) is 30.3 Å². The number of piperidine rings is 1. The molecule has 1 N–H and O–H groups in total. The van der Waals surface area contributed by atoms with Crippen molar-refractivity contribution in [3.8, 4) is 0 Å². The lowest BCUT2D eigenvalue weighted by atomic mass is 9.92. The summed E-state index contributed by atoms with van der Waals surface area (Å²) in [6, 6.07) is 10.2. The maximum absolute atomic E-state index is 12.3. The van der Waals surface area contributed by atoms with Crippen LogP contribution < -0.4 is 5.32 Å². The second-order valence-electron chi connectivity index (χ2n) is 6.00. The molecule has 0 radical (unpaired) electrons. The fourth-order valence-corrected chi connectivity index (χ4v) is 3.28. The number of carbonyl (C=O) groups is 1. The van der Waals surface area contributed by atoms with E-state index in [2.05, 4.69) is 17.4 Å². The van der Waals surface area contributed by atoms with E-state index >= 15 is 0 Å². The Labute approximate surface area is 113 Å². The van der Waals surface area contributed by atoms with Gasteiger partial charge in [-0.25, -0.2) is 4.48 Å². The summed E-state index contributed by atoms with van der Waals surface area (Å²) in [5, 5.41) is 3.33. The fourth-order valence-electron chi connectivity index (χ4n) is 3.28. The summed E-state index contributed by atoms with van der Waals surface area (Å²) < 4.78 is 6.14. The Morgan fingerprint density at radius 3 is 2.63 bits per heavy atom. The highest BCUT2D eigenvalue weighted by Crippen LogP contribution is 2.35. The van der Waals surface area contributed by atoms with Crippen molar-refractivity contribution in [1.29, 1.82) is 0 Å². The van der Waals surface area contributed by atoms with Gasteiger partial charge in [0.2, 0.25) is 0 Å². The van der Waals surface area contributed by atoms with E-state index in [1.165, 1.54) is 5.56 Å². The van der Waals surface area contributed by atoms with Gasteiger partial charge in [-0.1, -0.05) is 30.3 Å². The van der Waals surface area contributed by atoms with Gasteiger partial charge in [-0.05, 0) is 13.1 Å². The van der Waals surface area contributed by atoms with Crippen molar-refractivity contribution in [1.82, 2.24) is 5.32 Å². The standard InChI is InChI=1S/C15H21N2O2/c1-17(11-13-5-3-2-4-6-13)12-15(19-14(17)18)7-9-16-10-8-15/h2-6,16H,7-12H2,1H3/q+1. The van der Waals surface area contributed by atoms with Crippen molar-refractivity contribution in [2.24, 2.45) is 0 Å². The SMILES string of the molecule is C[N+]1(Cc2ccccc2)CC2(CCNCC2)OC1=O. The highest BCUT2D eigenvalue weighted by Gasteiger charge is 2.55. The minimum atomic E-state index is -0.230. The largest absolute Gasteiger partial charge is 0.516 e. The Bertz CT molecular complexity index is 468. The Morgan fingerprint density at radius 1 is 1.26 bits per heavy atom. The van der Waals surface area contributed by atoms with Gasteiger partial charge in [-0.15, -0.1) is 0 Å². The molecule has 0 aromatic heterocycles. The summed E-state index contributed by atoms with van der Waals surface area (Å²) in [6.45, 7) is 3.40. The molecule has 102 valence electrons. The zero-order valence-electron chi connectivity index (χ0n) is 11.4. The molecule has 1 aromatic rings. The quantitative estimate of drug-likeness (QED) is 0.826.